The fourth-order valence-electron chi connectivity index (χ4n) is 1.58. The van der Waals surface area contributed by atoms with Crippen LogP contribution < -0.4 is 5.32 Å². The molecule has 0 aliphatic rings. The third-order valence-corrected chi connectivity index (χ3v) is 3.45. The third-order valence-electron chi connectivity index (χ3n) is 2.65. The molecule has 0 radical (unpaired) electrons. The summed E-state index contributed by atoms with van der Waals surface area (Å²) in [5, 5.41) is 11.4. The zero-order valence-corrected chi connectivity index (χ0v) is 12.0. The second-order valence-electron chi connectivity index (χ2n) is 4.11. The van der Waals surface area contributed by atoms with Crippen LogP contribution in [0.25, 0.3) is 0 Å². The van der Waals surface area contributed by atoms with Gasteiger partial charge in [-0.2, -0.15) is 0 Å². The lowest BCUT2D eigenvalue weighted by atomic mass is 10.1. The number of hydrogen-bond acceptors (Lipinski definition) is 2. The molecular weight excluding hydrogens is 317 g/mol. The Morgan fingerprint density at radius 1 is 1.47 bits per heavy atom. The summed E-state index contributed by atoms with van der Waals surface area (Å²) in [5.41, 5.74) is 0.0859. The number of hydrogen-bond donors (Lipinski definition) is 2. The quantitative estimate of drug-likeness (QED) is 0.842. The van der Waals surface area contributed by atoms with Crippen LogP contribution >= 0.6 is 15.9 Å². The van der Waals surface area contributed by atoms with Crippen molar-refractivity contribution in [2.45, 2.75) is 32.2 Å². The van der Waals surface area contributed by atoms with Crippen LogP contribution in [0.3, 0.4) is 0 Å². The van der Waals surface area contributed by atoms with Gasteiger partial charge in [-0.15, -0.1) is 0 Å². The first kappa shape index (κ1) is 15.6. The van der Waals surface area contributed by atoms with Crippen molar-refractivity contribution in [3.05, 3.63) is 34.1 Å². The Morgan fingerprint density at radius 3 is 2.74 bits per heavy atom. The van der Waals surface area contributed by atoms with Gasteiger partial charge in [0.2, 0.25) is 0 Å². The van der Waals surface area contributed by atoms with E-state index in [2.05, 4.69) is 21.2 Å². The number of carbonyl (C=O) groups is 2. The molecule has 1 rings (SSSR count). The van der Waals surface area contributed by atoms with E-state index < -0.39 is 23.7 Å². The first-order valence-electron chi connectivity index (χ1n) is 5.95. The number of amides is 1. The lowest BCUT2D eigenvalue weighted by Gasteiger charge is -2.14. The number of aliphatic carboxylic acids is 1. The maximum Gasteiger partial charge on any atom is 0.326 e. The molecular formula is C13H15BrFNO3. The average Bonchev–Trinajstić information content (AvgIpc) is 2.37. The molecule has 1 amide bonds. The Labute approximate surface area is 119 Å². The van der Waals surface area contributed by atoms with Gasteiger partial charge < -0.3 is 10.4 Å². The van der Waals surface area contributed by atoms with Crippen LogP contribution in [-0.4, -0.2) is 23.0 Å². The molecule has 4 nitrogen and oxygen atoms in total. The zero-order valence-electron chi connectivity index (χ0n) is 10.5. The van der Waals surface area contributed by atoms with Gasteiger partial charge in [0.1, 0.15) is 11.9 Å². The lowest BCUT2D eigenvalue weighted by Crippen LogP contribution is -2.40. The van der Waals surface area contributed by atoms with E-state index in [0.717, 1.165) is 6.42 Å². The van der Waals surface area contributed by atoms with Gasteiger partial charge in [0.05, 0.1) is 10.0 Å². The number of carboxylic acid groups (broad SMARTS) is 1. The van der Waals surface area contributed by atoms with Crippen LogP contribution in [0.4, 0.5) is 4.39 Å². The van der Waals surface area contributed by atoms with Crippen molar-refractivity contribution >= 4 is 27.8 Å². The molecule has 0 spiro atoms. The molecule has 0 aliphatic carbocycles. The van der Waals surface area contributed by atoms with Crippen molar-refractivity contribution in [1.29, 1.82) is 0 Å². The zero-order chi connectivity index (χ0) is 14.4. The SMILES string of the molecule is CCCCC(NC(=O)c1cccc(F)c1Br)C(=O)O. The van der Waals surface area contributed by atoms with Gasteiger partial charge in [-0.25, -0.2) is 9.18 Å². The summed E-state index contributed by atoms with van der Waals surface area (Å²) in [4.78, 5) is 22.9. The topological polar surface area (TPSA) is 66.4 Å². The molecule has 0 fully saturated rings. The summed E-state index contributed by atoms with van der Waals surface area (Å²) in [5.74, 6) is -2.25. The molecule has 1 aromatic rings. The van der Waals surface area contributed by atoms with Crippen LogP contribution in [-0.2, 0) is 4.79 Å². The normalized spacial score (nSPS) is 11.9. The fourth-order valence-corrected chi connectivity index (χ4v) is 2.03. The largest absolute Gasteiger partial charge is 0.480 e. The minimum Gasteiger partial charge on any atom is -0.480 e. The smallest absolute Gasteiger partial charge is 0.326 e. The van der Waals surface area contributed by atoms with E-state index >= 15 is 0 Å². The first-order chi connectivity index (χ1) is 8.97. The Hall–Kier alpha value is -1.43. The number of benzene rings is 1. The molecule has 0 aromatic heterocycles. The van der Waals surface area contributed by atoms with Crippen molar-refractivity contribution in [2.24, 2.45) is 0 Å². The number of unbranched alkanes of at least 4 members (excludes halogenated alkanes) is 1. The van der Waals surface area contributed by atoms with Gasteiger partial charge >= 0.3 is 5.97 Å². The Bertz CT molecular complexity index is 479. The van der Waals surface area contributed by atoms with E-state index in [9.17, 15) is 14.0 Å². The summed E-state index contributed by atoms with van der Waals surface area (Å²) in [7, 11) is 0. The van der Waals surface area contributed by atoms with Crippen LogP contribution in [0.15, 0.2) is 22.7 Å². The summed E-state index contributed by atoms with van der Waals surface area (Å²) >= 11 is 2.98. The predicted molar refractivity (Wildman–Crippen MR) is 72.5 cm³/mol. The van der Waals surface area contributed by atoms with Gasteiger partial charge in [-0.05, 0) is 34.5 Å². The van der Waals surface area contributed by atoms with Crippen LogP contribution in [0.5, 0.6) is 0 Å². The lowest BCUT2D eigenvalue weighted by molar-refractivity contribution is -0.139. The molecule has 2 N–H and O–H groups in total. The van der Waals surface area contributed by atoms with Crippen molar-refractivity contribution < 1.29 is 19.1 Å². The molecule has 19 heavy (non-hydrogen) atoms. The van der Waals surface area contributed by atoms with Crippen molar-refractivity contribution in [1.82, 2.24) is 5.32 Å². The maximum absolute atomic E-state index is 13.3. The molecule has 0 bridgehead atoms. The molecule has 0 aliphatic heterocycles. The highest BCUT2D eigenvalue weighted by Gasteiger charge is 2.21. The van der Waals surface area contributed by atoms with E-state index in [4.69, 9.17) is 5.11 Å². The second kappa shape index (κ2) is 7.23. The van der Waals surface area contributed by atoms with E-state index in [-0.39, 0.29) is 10.0 Å². The minimum atomic E-state index is -1.09. The summed E-state index contributed by atoms with van der Waals surface area (Å²) in [6, 6.07) is 3.09. The van der Waals surface area contributed by atoms with E-state index in [1.807, 2.05) is 6.92 Å². The molecule has 6 heteroatoms. The van der Waals surface area contributed by atoms with E-state index in [1.54, 1.807) is 0 Å². The van der Waals surface area contributed by atoms with Gasteiger partial charge in [0.25, 0.3) is 5.91 Å². The van der Waals surface area contributed by atoms with Crippen molar-refractivity contribution in [2.75, 3.05) is 0 Å². The third kappa shape index (κ3) is 4.31. The van der Waals surface area contributed by atoms with Crippen molar-refractivity contribution in [3.63, 3.8) is 0 Å². The van der Waals surface area contributed by atoms with Gasteiger partial charge in [0, 0.05) is 0 Å². The summed E-state index contributed by atoms with van der Waals surface area (Å²) in [6.45, 7) is 1.93. The number of carboxylic acids is 1. The Morgan fingerprint density at radius 2 is 2.16 bits per heavy atom. The molecule has 0 heterocycles. The number of nitrogens with one attached hydrogen (secondary N) is 1. The highest BCUT2D eigenvalue weighted by atomic mass is 79.9. The molecule has 1 unspecified atom stereocenters. The Kier molecular flexibility index (Phi) is 5.95. The van der Waals surface area contributed by atoms with E-state index in [1.165, 1.54) is 18.2 Å². The second-order valence-corrected chi connectivity index (χ2v) is 4.90. The standard InChI is InChI=1S/C13H15BrFNO3/c1-2-3-7-10(13(18)19)16-12(17)8-5-4-6-9(15)11(8)14/h4-6,10H,2-3,7H2,1H3,(H,16,17)(H,18,19). The summed E-state index contributed by atoms with van der Waals surface area (Å²) in [6.07, 6.45) is 1.88. The molecule has 1 aromatic carbocycles. The number of rotatable bonds is 6. The highest BCUT2D eigenvalue weighted by molar-refractivity contribution is 9.10. The van der Waals surface area contributed by atoms with Gasteiger partial charge in [0.15, 0.2) is 0 Å². The maximum atomic E-state index is 13.3. The molecule has 0 saturated carbocycles. The van der Waals surface area contributed by atoms with Gasteiger partial charge in [-0.1, -0.05) is 25.8 Å². The minimum absolute atomic E-state index is 0.0344. The number of carbonyl (C=O) groups excluding carboxylic acids is 1. The molecule has 1 atom stereocenters. The Balaban J connectivity index is 2.82. The molecule has 104 valence electrons. The monoisotopic (exact) mass is 331 g/mol. The van der Waals surface area contributed by atoms with Gasteiger partial charge in [-0.3, -0.25) is 4.79 Å². The first-order valence-corrected chi connectivity index (χ1v) is 6.74. The average molecular weight is 332 g/mol. The highest BCUT2D eigenvalue weighted by Crippen LogP contribution is 2.20. The van der Waals surface area contributed by atoms with Crippen LogP contribution in [0, 0.1) is 5.82 Å². The van der Waals surface area contributed by atoms with Crippen LogP contribution in [0.1, 0.15) is 36.5 Å². The van der Waals surface area contributed by atoms with Crippen LogP contribution in [0.2, 0.25) is 0 Å². The summed E-state index contributed by atoms with van der Waals surface area (Å²) < 4.78 is 13.3. The fraction of sp³-hybridized carbons (Fsp3) is 0.385. The molecule has 0 saturated heterocycles. The predicted octanol–water partition coefficient (Wildman–Crippen LogP) is 2.96. The van der Waals surface area contributed by atoms with E-state index in [0.29, 0.717) is 12.8 Å². The number of halogens is 2. The van der Waals surface area contributed by atoms with Crippen molar-refractivity contribution in [3.8, 4) is 0 Å².